The average molecular weight is 766 g/mol. The average Bonchev–Trinajstić information content (AvgIpc) is 3.35. The Kier molecular flexibility index (Phi) is 9.97. The van der Waals surface area contributed by atoms with Gasteiger partial charge in [0, 0.05) is 16.7 Å². The second-order valence-corrected chi connectivity index (χ2v) is 14.9. The molecule has 0 unspecified atom stereocenters. The van der Waals surface area contributed by atoms with Crippen molar-refractivity contribution in [3.05, 3.63) is 237 Å². The van der Waals surface area contributed by atoms with Gasteiger partial charge in [0.15, 0.2) is 17.5 Å². The maximum absolute atomic E-state index is 5.17. The molecule has 9 aromatic carbocycles. The third kappa shape index (κ3) is 7.80. The van der Waals surface area contributed by atoms with Crippen LogP contribution < -0.4 is 0 Å². The van der Waals surface area contributed by atoms with Crippen LogP contribution in [0.25, 0.3) is 101 Å². The van der Waals surface area contributed by atoms with E-state index >= 15 is 0 Å². The molecule has 0 fully saturated rings. The molecular weight excluding hydrogens is 727 g/mol. The molecule has 1 aromatic heterocycles. The van der Waals surface area contributed by atoms with Gasteiger partial charge < -0.3 is 0 Å². The summed E-state index contributed by atoms with van der Waals surface area (Å²) in [5, 5.41) is 0. The topological polar surface area (TPSA) is 38.7 Å². The van der Waals surface area contributed by atoms with Crippen LogP contribution in [0.3, 0.4) is 0 Å². The molecule has 10 rings (SSSR count). The molecule has 3 heteroatoms. The van der Waals surface area contributed by atoms with Crippen molar-refractivity contribution in [2.75, 3.05) is 0 Å². The molecule has 0 saturated carbocycles. The van der Waals surface area contributed by atoms with Crippen LogP contribution in [0.2, 0.25) is 0 Å². The molecule has 60 heavy (non-hydrogen) atoms. The minimum atomic E-state index is 0.619. The number of rotatable bonds is 9. The summed E-state index contributed by atoms with van der Waals surface area (Å²) in [6, 6.07) is 83.0. The van der Waals surface area contributed by atoms with Gasteiger partial charge in [0.1, 0.15) is 0 Å². The first-order valence-corrected chi connectivity index (χ1v) is 20.3. The lowest BCUT2D eigenvalue weighted by Gasteiger charge is -2.12. The van der Waals surface area contributed by atoms with Gasteiger partial charge in [0.05, 0.1) is 0 Å². The Bertz CT molecular complexity index is 2690. The van der Waals surface area contributed by atoms with Crippen molar-refractivity contribution in [1.82, 2.24) is 15.0 Å². The van der Waals surface area contributed by atoms with E-state index in [1.165, 1.54) is 33.4 Å². The predicted molar refractivity (Wildman–Crippen MR) is 249 cm³/mol. The van der Waals surface area contributed by atoms with Crippen LogP contribution in [0.5, 0.6) is 0 Å². The van der Waals surface area contributed by atoms with Crippen molar-refractivity contribution < 1.29 is 0 Å². The second kappa shape index (κ2) is 16.5. The van der Waals surface area contributed by atoms with E-state index in [4.69, 9.17) is 15.0 Å². The van der Waals surface area contributed by atoms with E-state index < -0.39 is 0 Å². The second-order valence-electron chi connectivity index (χ2n) is 14.9. The van der Waals surface area contributed by atoms with Gasteiger partial charge in [-0.05, 0) is 85.0 Å². The highest BCUT2D eigenvalue weighted by Gasteiger charge is 2.15. The number of hydrogen-bond donors (Lipinski definition) is 0. The molecule has 0 N–H and O–H groups in total. The molecule has 3 nitrogen and oxygen atoms in total. The summed E-state index contributed by atoms with van der Waals surface area (Å²) in [5.41, 5.74) is 16.6. The molecule has 0 amide bonds. The van der Waals surface area contributed by atoms with E-state index in [0.29, 0.717) is 17.5 Å². The first-order valence-electron chi connectivity index (χ1n) is 20.3. The highest BCUT2D eigenvalue weighted by Crippen LogP contribution is 2.33. The largest absolute Gasteiger partial charge is 0.208 e. The minimum Gasteiger partial charge on any atom is -0.208 e. The number of hydrogen-bond acceptors (Lipinski definition) is 3. The summed E-state index contributed by atoms with van der Waals surface area (Å²) in [4.78, 5) is 15.5. The van der Waals surface area contributed by atoms with Crippen molar-refractivity contribution in [3.8, 4) is 101 Å². The van der Waals surface area contributed by atoms with Crippen LogP contribution in [0.4, 0.5) is 0 Å². The van der Waals surface area contributed by atoms with E-state index in [1.54, 1.807) is 0 Å². The quantitative estimate of drug-likeness (QED) is 0.147. The lowest BCUT2D eigenvalue weighted by atomic mass is 9.98. The maximum atomic E-state index is 5.17. The zero-order valence-electron chi connectivity index (χ0n) is 32.9. The summed E-state index contributed by atoms with van der Waals surface area (Å²) >= 11 is 0. The van der Waals surface area contributed by atoms with Gasteiger partial charge >= 0.3 is 0 Å². The fraction of sp³-hybridized carbons (Fsp3) is 0. The molecule has 0 aliphatic carbocycles. The molecule has 0 aliphatic rings. The molecule has 0 radical (unpaired) electrons. The van der Waals surface area contributed by atoms with Crippen LogP contribution in [0.15, 0.2) is 237 Å². The Labute approximate surface area is 351 Å². The minimum absolute atomic E-state index is 0.619. The number of aromatic nitrogens is 3. The van der Waals surface area contributed by atoms with Gasteiger partial charge in [0.2, 0.25) is 0 Å². The normalized spacial score (nSPS) is 11.0. The van der Waals surface area contributed by atoms with Gasteiger partial charge in [-0.3, -0.25) is 0 Å². The Hall–Kier alpha value is -8.01. The molecule has 0 aliphatic heterocycles. The van der Waals surface area contributed by atoms with Crippen molar-refractivity contribution in [2.45, 2.75) is 0 Å². The number of nitrogens with zero attached hydrogens (tertiary/aromatic N) is 3. The molecule has 0 atom stereocenters. The highest BCUT2D eigenvalue weighted by molar-refractivity contribution is 5.79. The predicted octanol–water partition coefficient (Wildman–Crippen LogP) is 14.9. The standard InChI is InChI=1S/C57H39N3/c1-4-13-40(14-5-1)43-25-31-46(32-26-43)49-19-10-22-52(37-49)55-58-56(53-23-11-20-50(38-53)47-33-27-44(28-34-47)41-15-6-2-7-16-41)60-57(59-55)54-24-12-21-51(39-54)48-35-29-45(30-36-48)42-17-8-3-9-18-42/h1-39H. The van der Waals surface area contributed by atoms with Crippen molar-refractivity contribution in [3.63, 3.8) is 0 Å². The SMILES string of the molecule is c1ccc(-c2ccc(-c3cccc(-c4nc(-c5cccc(-c6ccc(-c7ccccc7)cc6)c5)nc(-c5cccc(-c6ccc(-c7ccccc7)cc6)c5)n4)c3)cc2)cc1. The summed E-state index contributed by atoms with van der Waals surface area (Å²) in [6.45, 7) is 0. The molecular formula is C57H39N3. The van der Waals surface area contributed by atoms with Crippen LogP contribution in [0, 0.1) is 0 Å². The molecule has 282 valence electrons. The van der Waals surface area contributed by atoms with Crippen LogP contribution >= 0.6 is 0 Å². The van der Waals surface area contributed by atoms with Crippen molar-refractivity contribution in [2.24, 2.45) is 0 Å². The number of benzene rings is 9. The molecule has 0 spiro atoms. The van der Waals surface area contributed by atoms with Crippen molar-refractivity contribution >= 4 is 0 Å². The monoisotopic (exact) mass is 765 g/mol. The zero-order chi connectivity index (χ0) is 40.1. The Morgan fingerprint density at radius 3 is 0.583 bits per heavy atom. The Morgan fingerprint density at radius 1 is 0.150 bits per heavy atom. The van der Waals surface area contributed by atoms with E-state index in [9.17, 15) is 0 Å². The molecule has 1 heterocycles. The Morgan fingerprint density at radius 2 is 0.333 bits per heavy atom. The molecule has 0 saturated heterocycles. The lowest BCUT2D eigenvalue weighted by Crippen LogP contribution is -2.00. The first-order chi connectivity index (χ1) is 29.7. The van der Waals surface area contributed by atoms with E-state index in [2.05, 4.69) is 218 Å². The maximum Gasteiger partial charge on any atom is 0.164 e. The van der Waals surface area contributed by atoms with Gasteiger partial charge in [-0.2, -0.15) is 0 Å². The van der Waals surface area contributed by atoms with E-state index in [-0.39, 0.29) is 0 Å². The van der Waals surface area contributed by atoms with Gasteiger partial charge in [0.25, 0.3) is 0 Å². The van der Waals surface area contributed by atoms with Crippen LogP contribution in [0.1, 0.15) is 0 Å². The third-order valence-electron chi connectivity index (χ3n) is 11.0. The van der Waals surface area contributed by atoms with Gasteiger partial charge in [-0.1, -0.05) is 218 Å². The fourth-order valence-electron chi connectivity index (χ4n) is 7.73. The lowest BCUT2D eigenvalue weighted by molar-refractivity contribution is 1.07. The smallest absolute Gasteiger partial charge is 0.164 e. The summed E-state index contributed by atoms with van der Waals surface area (Å²) in [7, 11) is 0. The van der Waals surface area contributed by atoms with E-state index in [0.717, 1.165) is 50.1 Å². The van der Waals surface area contributed by atoms with Crippen molar-refractivity contribution in [1.29, 1.82) is 0 Å². The third-order valence-corrected chi connectivity index (χ3v) is 11.0. The summed E-state index contributed by atoms with van der Waals surface area (Å²) < 4.78 is 0. The molecule has 0 bridgehead atoms. The van der Waals surface area contributed by atoms with Crippen LogP contribution in [-0.2, 0) is 0 Å². The van der Waals surface area contributed by atoms with E-state index in [1.807, 2.05) is 18.2 Å². The highest BCUT2D eigenvalue weighted by atomic mass is 15.0. The molecule has 10 aromatic rings. The Balaban J connectivity index is 1.03. The summed E-state index contributed by atoms with van der Waals surface area (Å²) in [5.74, 6) is 1.86. The van der Waals surface area contributed by atoms with Gasteiger partial charge in [-0.15, -0.1) is 0 Å². The fourth-order valence-corrected chi connectivity index (χ4v) is 7.73. The summed E-state index contributed by atoms with van der Waals surface area (Å²) in [6.07, 6.45) is 0. The van der Waals surface area contributed by atoms with Crippen LogP contribution in [-0.4, -0.2) is 15.0 Å². The zero-order valence-corrected chi connectivity index (χ0v) is 32.9. The van der Waals surface area contributed by atoms with Gasteiger partial charge in [-0.25, -0.2) is 15.0 Å². The first kappa shape index (κ1) is 36.3.